The smallest absolute Gasteiger partial charge is 0.407 e. The van der Waals surface area contributed by atoms with Crippen LogP contribution in [0.3, 0.4) is 0 Å². The van der Waals surface area contributed by atoms with Crippen LogP contribution in [0, 0.1) is 0 Å². The van der Waals surface area contributed by atoms with E-state index in [1.54, 1.807) is 39.8 Å². The van der Waals surface area contributed by atoms with E-state index in [-0.39, 0.29) is 5.56 Å². The van der Waals surface area contributed by atoms with Crippen molar-refractivity contribution in [3.63, 3.8) is 0 Å². The van der Waals surface area contributed by atoms with Crippen LogP contribution < -0.4 is 15.2 Å². The molecule has 1 atom stereocenters. The predicted octanol–water partition coefficient (Wildman–Crippen LogP) is 8.73. The number of hydrogen-bond acceptors (Lipinski definition) is 9. The zero-order chi connectivity index (χ0) is 40.8. The third-order valence-electron chi connectivity index (χ3n) is 10.7. The van der Waals surface area contributed by atoms with Gasteiger partial charge >= 0.3 is 6.18 Å². The standard InChI is InChI=1S/C26H26F3N5O.C18H19BrN4O/c27-26(28,29)24(30)20-5-3-4-19(14-20)23-16-32-34-17-21(15-31-25(23)34)18-6-8-22(9-7-18)35-13-12-33-10-1-2-11-33;19-17-12-21-23-13-15(11-20-18(17)23)14-3-5-16(6-4-14)24-10-9-22-7-1-2-8-22/h3-9,14-17,24H,1-2,10-13,30H2;3-6,11-13H,1-2,7-10H2. The third kappa shape index (κ3) is 9.93. The molecule has 0 spiro atoms. The molecule has 2 fully saturated rings. The maximum Gasteiger partial charge on any atom is 0.407 e. The van der Waals surface area contributed by atoms with E-state index < -0.39 is 12.2 Å². The van der Waals surface area contributed by atoms with Crippen LogP contribution in [0.15, 0.2) is 114 Å². The molecule has 4 aromatic heterocycles. The monoisotopic (exact) mass is 867 g/mol. The molecule has 0 bridgehead atoms. The molecule has 0 amide bonds. The van der Waals surface area contributed by atoms with Gasteiger partial charge in [0.25, 0.3) is 0 Å². The van der Waals surface area contributed by atoms with Crippen LogP contribution in [0.5, 0.6) is 11.5 Å². The first-order chi connectivity index (χ1) is 28.7. The topological polar surface area (TPSA) is 111 Å². The van der Waals surface area contributed by atoms with Gasteiger partial charge in [-0.3, -0.25) is 9.80 Å². The van der Waals surface area contributed by atoms with Crippen molar-refractivity contribution < 1.29 is 22.6 Å². The van der Waals surface area contributed by atoms with E-state index >= 15 is 0 Å². The molecule has 59 heavy (non-hydrogen) atoms. The van der Waals surface area contributed by atoms with E-state index in [1.165, 1.54) is 50.9 Å². The van der Waals surface area contributed by atoms with E-state index in [0.29, 0.717) is 23.4 Å². The second kappa shape index (κ2) is 18.3. The highest BCUT2D eigenvalue weighted by atomic mass is 79.9. The summed E-state index contributed by atoms with van der Waals surface area (Å²) in [6, 6.07) is 20.0. The lowest BCUT2D eigenvalue weighted by atomic mass is 10.0. The van der Waals surface area contributed by atoms with Gasteiger partial charge in [-0.15, -0.1) is 0 Å². The average molecular weight is 869 g/mol. The van der Waals surface area contributed by atoms with E-state index in [0.717, 1.165) is 76.7 Å². The van der Waals surface area contributed by atoms with Crippen molar-refractivity contribution in [1.29, 1.82) is 0 Å². The van der Waals surface area contributed by atoms with Gasteiger partial charge in [-0.1, -0.05) is 42.5 Å². The normalized spacial score (nSPS) is 15.4. The fourth-order valence-electron chi connectivity index (χ4n) is 7.40. The Morgan fingerprint density at radius 1 is 0.627 bits per heavy atom. The first kappa shape index (κ1) is 40.4. The number of hydrogen-bond donors (Lipinski definition) is 1. The molecule has 2 aliphatic rings. The van der Waals surface area contributed by atoms with Gasteiger partial charge in [-0.25, -0.2) is 19.0 Å². The van der Waals surface area contributed by atoms with Crippen molar-refractivity contribution in [2.45, 2.75) is 37.9 Å². The Kier molecular flexibility index (Phi) is 12.5. The van der Waals surface area contributed by atoms with Crippen LogP contribution in [0.4, 0.5) is 13.2 Å². The van der Waals surface area contributed by atoms with Crippen molar-refractivity contribution in [1.82, 2.24) is 39.0 Å². The lowest BCUT2D eigenvalue weighted by Gasteiger charge is -2.16. The maximum absolute atomic E-state index is 13.1. The second-order valence-electron chi connectivity index (χ2n) is 14.8. The lowest BCUT2D eigenvalue weighted by molar-refractivity contribution is -0.149. The van der Waals surface area contributed by atoms with E-state index in [1.807, 2.05) is 55.0 Å². The molecule has 9 rings (SSSR count). The van der Waals surface area contributed by atoms with Crippen LogP contribution in [0.2, 0.25) is 0 Å². The lowest BCUT2D eigenvalue weighted by Crippen LogP contribution is -2.28. The van der Waals surface area contributed by atoms with Crippen molar-refractivity contribution in [2.75, 3.05) is 52.5 Å². The van der Waals surface area contributed by atoms with Gasteiger partial charge in [0.1, 0.15) is 30.8 Å². The first-order valence-corrected chi connectivity index (χ1v) is 20.6. The summed E-state index contributed by atoms with van der Waals surface area (Å²) in [6.45, 7) is 8.08. The largest absolute Gasteiger partial charge is 0.492 e. The van der Waals surface area contributed by atoms with Gasteiger partial charge in [-0.2, -0.15) is 23.4 Å². The third-order valence-corrected chi connectivity index (χ3v) is 11.3. The minimum absolute atomic E-state index is 0.00583. The van der Waals surface area contributed by atoms with Crippen LogP contribution in [0.1, 0.15) is 37.3 Å². The molecule has 11 nitrogen and oxygen atoms in total. The summed E-state index contributed by atoms with van der Waals surface area (Å²) in [4.78, 5) is 13.9. The highest BCUT2D eigenvalue weighted by Crippen LogP contribution is 2.34. The molecule has 7 aromatic rings. The molecule has 1 unspecified atom stereocenters. The number of ether oxygens (including phenoxy) is 2. The van der Waals surface area contributed by atoms with Crippen LogP contribution >= 0.6 is 15.9 Å². The Hall–Kier alpha value is -5.35. The number of benzene rings is 3. The molecule has 6 heterocycles. The molecule has 306 valence electrons. The second-order valence-corrected chi connectivity index (χ2v) is 15.6. The molecule has 2 saturated heterocycles. The highest BCUT2D eigenvalue weighted by molar-refractivity contribution is 9.10. The van der Waals surface area contributed by atoms with Gasteiger partial charge in [0.2, 0.25) is 0 Å². The Balaban J connectivity index is 0.000000176. The van der Waals surface area contributed by atoms with Gasteiger partial charge in [-0.05, 0) is 120 Å². The molecule has 0 saturated carbocycles. The number of halogens is 4. The summed E-state index contributed by atoms with van der Waals surface area (Å²) in [5, 5.41) is 8.65. The minimum Gasteiger partial charge on any atom is -0.492 e. The Morgan fingerprint density at radius 2 is 1.14 bits per heavy atom. The van der Waals surface area contributed by atoms with Crippen molar-refractivity contribution in [3.05, 3.63) is 120 Å². The highest BCUT2D eigenvalue weighted by Gasteiger charge is 2.38. The maximum atomic E-state index is 13.1. The molecule has 2 N–H and O–H groups in total. The molecule has 3 aromatic carbocycles. The van der Waals surface area contributed by atoms with E-state index in [4.69, 9.17) is 15.2 Å². The van der Waals surface area contributed by atoms with E-state index in [2.05, 4.69) is 58.0 Å². The Bertz CT molecular complexity index is 2460. The summed E-state index contributed by atoms with van der Waals surface area (Å²) in [5.41, 5.74) is 11.9. The van der Waals surface area contributed by atoms with Gasteiger partial charge in [0.05, 0.1) is 16.9 Å². The number of likely N-dealkylation sites (tertiary alicyclic amines) is 2. The van der Waals surface area contributed by atoms with Crippen molar-refractivity contribution >= 4 is 27.2 Å². The Labute approximate surface area is 348 Å². The molecule has 0 aliphatic carbocycles. The van der Waals surface area contributed by atoms with E-state index in [9.17, 15) is 13.2 Å². The number of alkyl halides is 3. The summed E-state index contributed by atoms with van der Waals surface area (Å²) in [7, 11) is 0. The number of fused-ring (bicyclic) bond motifs is 2. The molecule has 0 radical (unpaired) electrons. The fraction of sp³-hybridized carbons (Fsp3) is 0.318. The van der Waals surface area contributed by atoms with Gasteiger partial charge in [0, 0.05) is 54.6 Å². The number of nitrogens with two attached hydrogens (primary N) is 1. The van der Waals surface area contributed by atoms with Gasteiger partial charge in [0.15, 0.2) is 11.3 Å². The zero-order valence-electron chi connectivity index (χ0n) is 32.4. The quantitative estimate of drug-likeness (QED) is 0.129. The van der Waals surface area contributed by atoms with Crippen LogP contribution in [-0.2, 0) is 0 Å². The summed E-state index contributed by atoms with van der Waals surface area (Å²) >= 11 is 3.44. The number of nitrogens with zero attached hydrogens (tertiary/aromatic N) is 8. The SMILES string of the molecule is Brc1cnn2cc(-c3ccc(OCCN4CCCC4)cc3)cnc12.NC(c1cccc(-c2cnn3cc(-c4ccc(OCCN5CCCC5)cc4)cnc23)c1)C(F)(F)F. The summed E-state index contributed by atoms with van der Waals surface area (Å²) < 4.78 is 55.2. The van der Waals surface area contributed by atoms with Crippen LogP contribution in [-0.4, -0.2) is 97.7 Å². The van der Waals surface area contributed by atoms with Gasteiger partial charge < -0.3 is 15.2 Å². The zero-order valence-corrected chi connectivity index (χ0v) is 34.0. The Morgan fingerprint density at radius 3 is 1.68 bits per heavy atom. The summed E-state index contributed by atoms with van der Waals surface area (Å²) in [5.74, 6) is 1.73. The summed E-state index contributed by atoms with van der Waals surface area (Å²) in [6.07, 6.45) is 11.4. The molecule has 15 heteroatoms. The minimum atomic E-state index is -4.51. The van der Waals surface area contributed by atoms with Crippen LogP contribution in [0.25, 0.3) is 44.7 Å². The number of aromatic nitrogens is 6. The fourth-order valence-corrected chi connectivity index (χ4v) is 7.77. The average Bonchev–Trinajstić information content (AvgIpc) is 4.10. The molecular weight excluding hydrogens is 823 g/mol. The molecular formula is C44H45BrF3N9O2. The van der Waals surface area contributed by atoms with Crippen molar-refractivity contribution in [3.8, 4) is 44.9 Å². The first-order valence-electron chi connectivity index (χ1n) is 19.8. The molecule has 2 aliphatic heterocycles. The predicted molar refractivity (Wildman–Crippen MR) is 225 cm³/mol. The number of rotatable bonds is 12. The van der Waals surface area contributed by atoms with Crippen molar-refractivity contribution in [2.24, 2.45) is 5.73 Å².